The van der Waals surface area contributed by atoms with Crippen LogP contribution in [0.4, 0.5) is 0 Å². The van der Waals surface area contributed by atoms with Crippen LogP contribution >= 0.6 is 0 Å². The Morgan fingerprint density at radius 2 is 1.81 bits per heavy atom. The van der Waals surface area contributed by atoms with E-state index in [4.69, 9.17) is 14.5 Å². The molecule has 1 N–H and O–H groups in total. The first-order chi connectivity index (χ1) is 12.8. The van der Waals surface area contributed by atoms with Crippen molar-refractivity contribution in [1.82, 2.24) is 14.9 Å². The van der Waals surface area contributed by atoms with Gasteiger partial charge in [-0.3, -0.25) is 0 Å². The highest BCUT2D eigenvalue weighted by Gasteiger charge is 2.24. The van der Waals surface area contributed by atoms with E-state index in [0.29, 0.717) is 19.3 Å². The molecular weight excluding hydrogens is 326 g/mol. The number of benzene rings is 2. The van der Waals surface area contributed by atoms with E-state index in [-0.39, 0.29) is 0 Å². The summed E-state index contributed by atoms with van der Waals surface area (Å²) in [4.78, 5) is 5.01. The van der Waals surface area contributed by atoms with Crippen molar-refractivity contribution < 1.29 is 9.47 Å². The maximum absolute atomic E-state index is 5.83. The molecule has 3 aromatic rings. The molecule has 0 radical (unpaired) electrons. The van der Waals surface area contributed by atoms with E-state index in [0.717, 1.165) is 54.3 Å². The number of piperidine rings is 1. The van der Waals surface area contributed by atoms with Crippen LogP contribution < -0.4 is 14.8 Å². The second-order valence-corrected chi connectivity index (χ2v) is 7.14. The van der Waals surface area contributed by atoms with Gasteiger partial charge in [-0.05, 0) is 38.9 Å². The summed E-state index contributed by atoms with van der Waals surface area (Å²) in [5.41, 5.74) is 4.53. The van der Waals surface area contributed by atoms with Crippen molar-refractivity contribution in [2.24, 2.45) is 0 Å². The smallest absolute Gasteiger partial charge is 0.163 e. The van der Waals surface area contributed by atoms with Gasteiger partial charge in [-0.15, -0.1) is 0 Å². The summed E-state index contributed by atoms with van der Waals surface area (Å²) >= 11 is 0. The highest BCUT2D eigenvalue weighted by Crippen LogP contribution is 2.39. The standard InChI is InChI=1S/C21H23N3O2/c1-14-3-2-4-15(11-14)21-23-17-12-19-20(26-10-9-25-19)13-18(17)24(21)16-5-7-22-8-6-16/h2-4,11-13,16,22H,5-10H2,1H3. The van der Waals surface area contributed by atoms with Gasteiger partial charge in [0.2, 0.25) is 0 Å². The Hall–Kier alpha value is -2.53. The summed E-state index contributed by atoms with van der Waals surface area (Å²) in [6.07, 6.45) is 2.22. The minimum Gasteiger partial charge on any atom is -0.486 e. The minimum atomic E-state index is 0.444. The molecule has 2 aromatic carbocycles. The quantitative estimate of drug-likeness (QED) is 0.766. The molecule has 5 heteroatoms. The molecule has 1 fully saturated rings. The first-order valence-electron chi connectivity index (χ1n) is 9.39. The van der Waals surface area contributed by atoms with E-state index in [1.54, 1.807) is 0 Å². The summed E-state index contributed by atoms with van der Waals surface area (Å²) in [7, 11) is 0. The molecule has 0 bridgehead atoms. The topological polar surface area (TPSA) is 48.3 Å². The maximum Gasteiger partial charge on any atom is 0.163 e. The van der Waals surface area contributed by atoms with Crippen LogP contribution in [0.2, 0.25) is 0 Å². The molecule has 0 aliphatic carbocycles. The second kappa shape index (κ2) is 6.32. The van der Waals surface area contributed by atoms with Crippen LogP contribution in [-0.2, 0) is 0 Å². The molecule has 134 valence electrons. The molecule has 5 nitrogen and oxygen atoms in total. The summed E-state index contributed by atoms with van der Waals surface area (Å²) in [5, 5.41) is 3.46. The fourth-order valence-corrected chi connectivity index (χ4v) is 4.05. The van der Waals surface area contributed by atoms with Gasteiger partial charge in [0.15, 0.2) is 11.5 Å². The van der Waals surface area contributed by atoms with Crippen LogP contribution in [-0.4, -0.2) is 35.9 Å². The summed E-state index contributed by atoms with van der Waals surface area (Å²) < 4.78 is 14.0. The van der Waals surface area contributed by atoms with Crippen molar-refractivity contribution in [1.29, 1.82) is 0 Å². The van der Waals surface area contributed by atoms with Crippen molar-refractivity contribution in [3.05, 3.63) is 42.0 Å². The molecular formula is C21H23N3O2. The van der Waals surface area contributed by atoms with Gasteiger partial charge in [0.05, 0.1) is 11.0 Å². The van der Waals surface area contributed by atoms with Gasteiger partial charge in [0, 0.05) is 23.7 Å². The average Bonchev–Trinajstić information content (AvgIpc) is 3.05. The number of nitrogens with zero attached hydrogens (tertiary/aromatic N) is 2. The number of nitrogens with one attached hydrogen (secondary N) is 1. The molecule has 0 saturated carbocycles. The van der Waals surface area contributed by atoms with Gasteiger partial charge >= 0.3 is 0 Å². The van der Waals surface area contributed by atoms with Crippen LogP contribution in [0, 0.1) is 6.92 Å². The molecule has 26 heavy (non-hydrogen) atoms. The number of rotatable bonds is 2. The Balaban J connectivity index is 1.74. The normalized spacial score (nSPS) is 17.6. The number of aryl methyl sites for hydroxylation is 1. The van der Waals surface area contributed by atoms with E-state index >= 15 is 0 Å². The lowest BCUT2D eigenvalue weighted by atomic mass is 10.0. The Morgan fingerprint density at radius 3 is 2.58 bits per heavy atom. The highest BCUT2D eigenvalue weighted by molar-refractivity contribution is 5.84. The zero-order valence-corrected chi connectivity index (χ0v) is 15.0. The predicted molar refractivity (Wildman–Crippen MR) is 102 cm³/mol. The molecule has 2 aliphatic rings. The number of imidazole rings is 1. The first kappa shape index (κ1) is 15.7. The molecule has 5 rings (SSSR count). The van der Waals surface area contributed by atoms with Crippen molar-refractivity contribution in [3.8, 4) is 22.9 Å². The highest BCUT2D eigenvalue weighted by atomic mass is 16.6. The zero-order chi connectivity index (χ0) is 17.5. The third kappa shape index (κ3) is 2.63. The molecule has 1 saturated heterocycles. The van der Waals surface area contributed by atoms with E-state index in [2.05, 4.69) is 47.1 Å². The van der Waals surface area contributed by atoms with E-state index in [1.807, 2.05) is 6.07 Å². The van der Waals surface area contributed by atoms with Crippen LogP contribution in [0.1, 0.15) is 24.4 Å². The summed E-state index contributed by atoms with van der Waals surface area (Å²) in [6, 6.07) is 13.2. The van der Waals surface area contributed by atoms with E-state index < -0.39 is 0 Å². The van der Waals surface area contributed by atoms with E-state index in [9.17, 15) is 0 Å². The van der Waals surface area contributed by atoms with Crippen LogP contribution in [0.5, 0.6) is 11.5 Å². The largest absolute Gasteiger partial charge is 0.486 e. The number of hydrogen-bond acceptors (Lipinski definition) is 4. The van der Waals surface area contributed by atoms with Crippen molar-refractivity contribution in [2.75, 3.05) is 26.3 Å². The van der Waals surface area contributed by atoms with Crippen molar-refractivity contribution in [3.63, 3.8) is 0 Å². The number of aromatic nitrogens is 2. The molecule has 0 unspecified atom stereocenters. The van der Waals surface area contributed by atoms with Crippen molar-refractivity contribution >= 4 is 11.0 Å². The Kier molecular flexibility index (Phi) is 3.82. The summed E-state index contributed by atoms with van der Waals surface area (Å²) in [6.45, 7) is 5.41. The molecule has 0 spiro atoms. The first-order valence-corrected chi connectivity index (χ1v) is 9.39. The Morgan fingerprint density at radius 1 is 1.04 bits per heavy atom. The zero-order valence-electron chi connectivity index (χ0n) is 15.0. The third-order valence-corrected chi connectivity index (χ3v) is 5.30. The molecule has 2 aliphatic heterocycles. The molecule has 3 heterocycles. The Labute approximate surface area is 152 Å². The lowest BCUT2D eigenvalue weighted by Crippen LogP contribution is -2.29. The van der Waals surface area contributed by atoms with Gasteiger partial charge in [-0.2, -0.15) is 0 Å². The van der Waals surface area contributed by atoms with Gasteiger partial charge in [-0.25, -0.2) is 4.98 Å². The van der Waals surface area contributed by atoms with Gasteiger partial charge in [0.1, 0.15) is 19.0 Å². The third-order valence-electron chi connectivity index (χ3n) is 5.30. The number of ether oxygens (including phenoxy) is 2. The number of hydrogen-bond donors (Lipinski definition) is 1. The van der Waals surface area contributed by atoms with Gasteiger partial charge in [-0.1, -0.05) is 23.8 Å². The second-order valence-electron chi connectivity index (χ2n) is 7.14. The van der Waals surface area contributed by atoms with Crippen LogP contribution in [0.25, 0.3) is 22.4 Å². The number of fused-ring (bicyclic) bond motifs is 2. The molecule has 1 aromatic heterocycles. The lowest BCUT2D eigenvalue weighted by molar-refractivity contribution is 0.172. The van der Waals surface area contributed by atoms with Crippen LogP contribution in [0.3, 0.4) is 0 Å². The van der Waals surface area contributed by atoms with Gasteiger partial charge in [0.25, 0.3) is 0 Å². The van der Waals surface area contributed by atoms with Crippen molar-refractivity contribution in [2.45, 2.75) is 25.8 Å². The fraction of sp³-hybridized carbons (Fsp3) is 0.381. The minimum absolute atomic E-state index is 0.444. The summed E-state index contributed by atoms with van der Waals surface area (Å²) in [5.74, 6) is 2.67. The monoisotopic (exact) mass is 349 g/mol. The van der Waals surface area contributed by atoms with Gasteiger partial charge < -0.3 is 19.4 Å². The maximum atomic E-state index is 5.83. The SMILES string of the molecule is Cc1cccc(-c2nc3cc4c(cc3n2C2CCNCC2)OCCO4)c1. The van der Waals surface area contributed by atoms with E-state index in [1.165, 1.54) is 11.1 Å². The fourth-order valence-electron chi connectivity index (χ4n) is 4.05. The Bertz CT molecular complexity index is 957. The molecule has 0 amide bonds. The average molecular weight is 349 g/mol. The predicted octanol–water partition coefficient (Wildman–Crippen LogP) is 3.71. The van der Waals surface area contributed by atoms with Crippen LogP contribution in [0.15, 0.2) is 36.4 Å². The molecule has 0 atom stereocenters. The lowest BCUT2D eigenvalue weighted by Gasteiger charge is -2.27.